The Balaban J connectivity index is 4.58. The van der Waals surface area contributed by atoms with E-state index < -0.39 is 0 Å². The average molecular weight is 179 g/mol. The zero-order valence-corrected chi connectivity index (χ0v) is 9.52. The van der Waals surface area contributed by atoms with E-state index in [1.807, 2.05) is 13.1 Å². The highest BCUT2D eigenvalue weighted by atomic mass is 14.7. The molecule has 0 heterocycles. The Morgan fingerprint density at radius 3 is 2.23 bits per heavy atom. The van der Waals surface area contributed by atoms with E-state index in [1.54, 1.807) is 0 Å². The quantitative estimate of drug-likeness (QED) is 0.455. The lowest BCUT2D eigenvalue weighted by Crippen LogP contribution is -1.88. The molecule has 0 aromatic rings. The van der Waals surface area contributed by atoms with E-state index in [4.69, 9.17) is 0 Å². The Hall–Kier alpha value is -0.850. The predicted molar refractivity (Wildman–Crippen MR) is 61.2 cm³/mol. The third kappa shape index (κ3) is 4.66. The number of hydrogen-bond donors (Lipinski definition) is 0. The van der Waals surface area contributed by atoms with Gasteiger partial charge in [-0.25, -0.2) is 0 Å². The number of aliphatic imine (C=N–C) groups is 1. The first kappa shape index (κ1) is 12.2. The van der Waals surface area contributed by atoms with Gasteiger partial charge in [0.2, 0.25) is 0 Å². The van der Waals surface area contributed by atoms with E-state index in [-0.39, 0.29) is 0 Å². The monoisotopic (exact) mass is 179 g/mol. The van der Waals surface area contributed by atoms with E-state index >= 15 is 0 Å². The van der Waals surface area contributed by atoms with E-state index in [0.29, 0.717) is 0 Å². The zero-order valence-electron chi connectivity index (χ0n) is 9.52. The Kier molecular flexibility index (Phi) is 6.21. The van der Waals surface area contributed by atoms with Gasteiger partial charge in [-0.3, -0.25) is 4.99 Å². The van der Waals surface area contributed by atoms with Crippen molar-refractivity contribution in [2.45, 2.75) is 47.5 Å². The van der Waals surface area contributed by atoms with E-state index in [0.717, 1.165) is 12.8 Å². The number of rotatable bonds is 4. The maximum absolute atomic E-state index is 4.31. The molecule has 0 rings (SSSR count). The molecule has 0 aliphatic rings. The standard InChI is InChI=1S/C12H21N/c1-6-10(4)9-12(7-2)11(5)13-8-3/h6,8H,7,9H2,1-5H3/b10-6+,12-11+,13-8?. The smallest absolute Gasteiger partial charge is 0.0363 e. The summed E-state index contributed by atoms with van der Waals surface area (Å²) < 4.78 is 0. The fourth-order valence-electron chi connectivity index (χ4n) is 1.23. The van der Waals surface area contributed by atoms with Crippen molar-refractivity contribution in [3.05, 3.63) is 22.9 Å². The lowest BCUT2D eigenvalue weighted by Gasteiger charge is -2.06. The second kappa shape index (κ2) is 6.64. The molecule has 1 nitrogen and oxygen atoms in total. The van der Waals surface area contributed by atoms with Crippen LogP contribution in [0.25, 0.3) is 0 Å². The van der Waals surface area contributed by atoms with Crippen LogP contribution in [0.2, 0.25) is 0 Å². The SMILES string of the molecule is CC=N/C(C)=C(\CC)C/C(C)=C/C. The molecule has 0 bridgehead atoms. The van der Waals surface area contributed by atoms with Gasteiger partial charge in [0.1, 0.15) is 0 Å². The number of nitrogens with zero attached hydrogens (tertiary/aromatic N) is 1. The fraction of sp³-hybridized carbons (Fsp3) is 0.583. The lowest BCUT2D eigenvalue weighted by atomic mass is 10.0. The summed E-state index contributed by atoms with van der Waals surface area (Å²) in [7, 11) is 0. The summed E-state index contributed by atoms with van der Waals surface area (Å²) in [4.78, 5) is 4.31. The molecule has 1 heteroatoms. The molecule has 0 aromatic carbocycles. The van der Waals surface area contributed by atoms with Crippen molar-refractivity contribution in [3.63, 3.8) is 0 Å². The molecular formula is C12H21N. The largest absolute Gasteiger partial charge is 0.266 e. The number of allylic oxidation sites excluding steroid dienone is 4. The first-order valence-corrected chi connectivity index (χ1v) is 4.94. The highest BCUT2D eigenvalue weighted by Gasteiger charge is 1.99. The molecule has 0 N–H and O–H groups in total. The Bertz CT molecular complexity index is 232. The van der Waals surface area contributed by atoms with Crippen molar-refractivity contribution < 1.29 is 0 Å². The molecule has 0 atom stereocenters. The van der Waals surface area contributed by atoms with Crippen molar-refractivity contribution in [2.75, 3.05) is 0 Å². The minimum atomic E-state index is 1.07. The molecule has 0 amide bonds. The van der Waals surface area contributed by atoms with Crippen LogP contribution in [0.3, 0.4) is 0 Å². The molecule has 13 heavy (non-hydrogen) atoms. The summed E-state index contributed by atoms with van der Waals surface area (Å²) >= 11 is 0. The van der Waals surface area contributed by atoms with Crippen molar-refractivity contribution in [1.29, 1.82) is 0 Å². The second-order valence-corrected chi connectivity index (χ2v) is 3.24. The normalized spacial score (nSPS) is 15.0. The molecule has 0 saturated carbocycles. The zero-order chi connectivity index (χ0) is 10.3. The minimum absolute atomic E-state index is 1.07. The maximum Gasteiger partial charge on any atom is 0.0363 e. The van der Waals surface area contributed by atoms with Gasteiger partial charge in [0.05, 0.1) is 0 Å². The van der Waals surface area contributed by atoms with Gasteiger partial charge in [-0.15, -0.1) is 0 Å². The van der Waals surface area contributed by atoms with Crippen LogP contribution in [0.4, 0.5) is 0 Å². The molecule has 0 aliphatic heterocycles. The van der Waals surface area contributed by atoms with Crippen LogP contribution >= 0.6 is 0 Å². The topological polar surface area (TPSA) is 12.4 Å². The lowest BCUT2D eigenvalue weighted by molar-refractivity contribution is 0.948. The summed E-state index contributed by atoms with van der Waals surface area (Å²) in [5.74, 6) is 0. The average Bonchev–Trinajstić information content (AvgIpc) is 2.14. The maximum atomic E-state index is 4.31. The highest BCUT2D eigenvalue weighted by molar-refractivity contribution is 5.55. The van der Waals surface area contributed by atoms with Crippen LogP contribution < -0.4 is 0 Å². The Morgan fingerprint density at radius 1 is 1.23 bits per heavy atom. The third-order valence-electron chi connectivity index (χ3n) is 2.25. The van der Waals surface area contributed by atoms with Gasteiger partial charge in [0, 0.05) is 11.9 Å². The summed E-state index contributed by atoms with van der Waals surface area (Å²) in [5.41, 5.74) is 4.03. The summed E-state index contributed by atoms with van der Waals surface area (Å²) in [6.07, 6.45) is 6.18. The Morgan fingerprint density at radius 2 is 1.85 bits per heavy atom. The minimum Gasteiger partial charge on any atom is -0.266 e. The van der Waals surface area contributed by atoms with Crippen LogP contribution in [0, 0.1) is 0 Å². The first-order valence-electron chi connectivity index (χ1n) is 4.94. The molecule has 74 valence electrons. The van der Waals surface area contributed by atoms with Gasteiger partial charge in [0.25, 0.3) is 0 Å². The molecule has 0 saturated heterocycles. The van der Waals surface area contributed by atoms with Crippen LogP contribution in [-0.4, -0.2) is 6.21 Å². The van der Waals surface area contributed by atoms with E-state index in [1.165, 1.54) is 16.8 Å². The summed E-state index contributed by atoms with van der Waals surface area (Å²) in [6, 6.07) is 0. The molecular weight excluding hydrogens is 158 g/mol. The molecule has 0 spiro atoms. The second-order valence-electron chi connectivity index (χ2n) is 3.24. The summed E-state index contributed by atoms with van der Waals surface area (Å²) in [5, 5.41) is 0. The van der Waals surface area contributed by atoms with Gasteiger partial charge < -0.3 is 0 Å². The molecule has 0 aliphatic carbocycles. The molecule has 0 fully saturated rings. The third-order valence-corrected chi connectivity index (χ3v) is 2.25. The van der Waals surface area contributed by atoms with Crippen molar-refractivity contribution in [2.24, 2.45) is 4.99 Å². The van der Waals surface area contributed by atoms with Crippen molar-refractivity contribution in [1.82, 2.24) is 0 Å². The first-order chi connectivity index (χ1) is 6.15. The van der Waals surface area contributed by atoms with E-state index in [2.05, 4.69) is 38.8 Å². The summed E-state index contributed by atoms with van der Waals surface area (Å²) in [6.45, 7) is 10.5. The van der Waals surface area contributed by atoms with Gasteiger partial charge in [-0.05, 0) is 46.1 Å². The fourth-order valence-corrected chi connectivity index (χ4v) is 1.23. The Labute approximate surface area is 82.3 Å². The van der Waals surface area contributed by atoms with Gasteiger partial charge in [-0.2, -0.15) is 0 Å². The predicted octanol–water partition coefficient (Wildman–Crippen LogP) is 4.12. The van der Waals surface area contributed by atoms with Crippen LogP contribution in [0.1, 0.15) is 47.5 Å². The van der Waals surface area contributed by atoms with Crippen LogP contribution in [0.5, 0.6) is 0 Å². The van der Waals surface area contributed by atoms with Crippen molar-refractivity contribution >= 4 is 6.21 Å². The van der Waals surface area contributed by atoms with Crippen LogP contribution in [-0.2, 0) is 0 Å². The molecule has 0 unspecified atom stereocenters. The molecule has 0 radical (unpaired) electrons. The van der Waals surface area contributed by atoms with Gasteiger partial charge >= 0.3 is 0 Å². The highest BCUT2D eigenvalue weighted by Crippen LogP contribution is 2.18. The van der Waals surface area contributed by atoms with Gasteiger partial charge in [0.15, 0.2) is 0 Å². The van der Waals surface area contributed by atoms with Crippen LogP contribution in [0.15, 0.2) is 27.9 Å². The van der Waals surface area contributed by atoms with Crippen molar-refractivity contribution in [3.8, 4) is 0 Å². The van der Waals surface area contributed by atoms with E-state index in [9.17, 15) is 0 Å². The van der Waals surface area contributed by atoms with Gasteiger partial charge in [-0.1, -0.05) is 18.6 Å². The molecule has 0 aromatic heterocycles. The number of hydrogen-bond acceptors (Lipinski definition) is 1.